The molecule has 1 saturated heterocycles. The molecule has 0 spiro atoms. The van der Waals surface area contributed by atoms with Gasteiger partial charge < -0.3 is 4.90 Å². The van der Waals surface area contributed by atoms with Crippen molar-refractivity contribution < 1.29 is 13.2 Å². The summed E-state index contributed by atoms with van der Waals surface area (Å²) in [5, 5.41) is 0. The number of halogens is 1. The Morgan fingerprint density at radius 1 is 0.926 bits per heavy atom. The quantitative estimate of drug-likeness (QED) is 0.690. The van der Waals surface area contributed by atoms with Gasteiger partial charge in [0.15, 0.2) is 0 Å². The second-order valence-electron chi connectivity index (χ2n) is 6.60. The fourth-order valence-electron chi connectivity index (χ4n) is 3.19. The first-order valence-electron chi connectivity index (χ1n) is 9.09. The van der Waals surface area contributed by atoms with Gasteiger partial charge in [0.1, 0.15) is 6.54 Å². The van der Waals surface area contributed by atoms with Gasteiger partial charge in [0.25, 0.3) is 10.0 Å². The van der Waals surface area contributed by atoms with Crippen LogP contribution in [0.3, 0.4) is 0 Å². The zero-order chi connectivity index (χ0) is 19.3. The van der Waals surface area contributed by atoms with Crippen LogP contribution in [0.4, 0.5) is 5.69 Å². The maximum atomic E-state index is 13.2. The first kappa shape index (κ1) is 19.9. The van der Waals surface area contributed by atoms with Gasteiger partial charge >= 0.3 is 0 Å². The molecule has 0 atom stereocenters. The lowest BCUT2D eigenvalue weighted by Gasteiger charge is -2.28. The van der Waals surface area contributed by atoms with Gasteiger partial charge in [-0.2, -0.15) is 0 Å². The maximum absolute atomic E-state index is 13.2. The van der Waals surface area contributed by atoms with Gasteiger partial charge in [-0.1, -0.05) is 47.0 Å². The van der Waals surface area contributed by atoms with Crippen LogP contribution in [-0.4, -0.2) is 38.9 Å². The smallest absolute Gasteiger partial charge is 0.264 e. The first-order chi connectivity index (χ1) is 13.0. The average Bonchev–Trinajstić information content (AvgIpc) is 2.97. The molecule has 0 N–H and O–H groups in total. The number of carbonyl (C=O) groups is 1. The lowest BCUT2D eigenvalue weighted by Crippen LogP contribution is -2.43. The molecule has 144 valence electrons. The predicted octanol–water partition coefficient (Wildman–Crippen LogP) is 4.05. The van der Waals surface area contributed by atoms with Crippen molar-refractivity contribution in [2.24, 2.45) is 0 Å². The molecule has 1 aliphatic heterocycles. The Labute approximate surface area is 169 Å². The molecular formula is C20H23BrN2O3S. The van der Waals surface area contributed by atoms with Crippen LogP contribution in [-0.2, 0) is 14.8 Å². The van der Waals surface area contributed by atoms with E-state index in [1.165, 1.54) is 4.31 Å². The molecule has 0 aromatic heterocycles. The number of hydrogen-bond acceptors (Lipinski definition) is 3. The molecule has 1 aliphatic rings. The topological polar surface area (TPSA) is 57.7 Å². The average molecular weight is 451 g/mol. The summed E-state index contributed by atoms with van der Waals surface area (Å²) in [7, 11) is -3.84. The van der Waals surface area contributed by atoms with Crippen molar-refractivity contribution in [3.63, 3.8) is 0 Å². The van der Waals surface area contributed by atoms with E-state index in [0.717, 1.165) is 30.2 Å². The Kier molecular flexibility index (Phi) is 6.55. The highest BCUT2D eigenvalue weighted by atomic mass is 79.9. The number of carbonyl (C=O) groups excluding carboxylic acids is 1. The van der Waals surface area contributed by atoms with Crippen LogP contribution in [0.25, 0.3) is 0 Å². The van der Waals surface area contributed by atoms with E-state index in [0.29, 0.717) is 18.8 Å². The summed E-state index contributed by atoms with van der Waals surface area (Å²) in [6.07, 6.45) is 4.16. The minimum atomic E-state index is -3.84. The van der Waals surface area contributed by atoms with E-state index in [1.54, 1.807) is 59.5 Å². The molecule has 0 radical (unpaired) electrons. The molecular weight excluding hydrogens is 428 g/mol. The van der Waals surface area contributed by atoms with Crippen molar-refractivity contribution in [3.8, 4) is 0 Å². The lowest BCUT2D eigenvalue weighted by molar-refractivity contribution is -0.129. The highest BCUT2D eigenvalue weighted by molar-refractivity contribution is 9.10. The highest BCUT2D eigenvalue weighted by Crippen LogP contribution is 2.25. The number of sulfonamides is 1. The molecule has 1 heterocycles. The zero-order valence-electron chi connectivity index (χ0n) is 15.1. The predicted molar refractivity (Wildman–Crippen MR) is 110 cm³/mol. The Balaban J connectivity index is 1.92. The second kappa shape index (κ2) is 8.89. The van der Waals surface area contributed by atoms with Gasteiger partial charge in [-0.25, -0.2) is 8.42 Å². The fraction of sp³-hybridized carbons (Fsp3) is 0.350. The van der Waals surface area contributed by atoms with Crippen LogP contribution in [0, 0.1) is 0 Å². The summed E-state index contributed by atoms with van der Waals surface area (Å²) in [4.78, 5) is 14.9. The summed E-state index contributed by atoms with van der Waals surface area (Å²) >= 11 is 3.37. The maximum Gasteiger partial charge on any atom is 0.264 e. The molecule has 5 nitrogen and oxygen atoms in total. The molecule has 0 saturated carbocycles. The third kappa shape index (κ3) is 4.90. The number of hydrogen-bond donors (Lipinski definition) is 0. The van der Waals surface area contributed by atoms with Crippen molar-refractivity contribution in [2.45, 2.75) is 30.6 Å². The molecule has 2 aromatic rings. The van der Waals surface area contributed by atoms with E-state index in [1.807, 2.05) is 0 Å². The minimum absolute atomic E-state index is 0.153. The monoisotopic (exact) mass is 450 g/mol. The molecule has 0 aliphatic carbocycles. The number of amides is 1. The van der Waals surface area contributed by atoms with Crippen LogP contribution in [0.2, 0.25) is 0 Å². The third-order valence-corrected chi connectivity index (χ3v) is 7.00. The number of likely N-dealkylation sites (tertiary alicyclic amines) is 1. The van der Waals surface area contributed by atoms with Crippen LogP contribution >= 0.6 is 15.9 Å². The van der Waals surface area contributed by atoms with Crippen LogP contribution in [0.15, 0.2) is 64.0 Å². The molecule has 3 rings (SSSR count). The summed E-state index contributed by atoms with van der Waals surface area (Å²) in [6.45, 7) is 1.19. The highest BCUT2D eigenvalue weighted by Gasteiger charge is 2.29. The van der Waals surface area contributed by atoms with Crippen LogP contribution in [0.5, 0.6) is 0 Å². The Morgan fingerprint density at radius 2 is 1.52 bits per heavy atom. The Bertz CT molecular complexity index is 862. The van der Waals surface area contributed by atoms with Gasteiger partial charge in [0, 0.05) is 17.6 Å². The molecule has 27 heavy (non-hydrogen) atoms. The first-order valence-corrected chi connectivity index (χ1v) is 11.3. The second-order valence-corrected chi connectivity index (χ2v) is 9.37. The molecule has 7 heteroatoms. The summed E-state index contributed by atoms with van der Waals surface area (Å²) in [5.74, 6) is -0.153. The summed E-state index contributed by atoms with van der Waals surface area (Å²) in [6, 6.07) is 15.2. The SMILES string of the molecule is O=C(CN(c1ccc(Br)cc1)S(=O)(=O)c1ccccc1)N1CCCCCC1. The molecule has 1 amide bonds. The minimum Gasteiger partial charge on any atom is -0.341 e. The third-order valence-electron chi connectivity index (χ3n) is 4.68. The van der Waals surface area contributed by atoms with Crippen LogP contribution in [0.1, 0.15) is 25.7 Å². The Morgan fingerprint density at radius 3 is 2.11 bits per heavy atom. The van der Waals surface area contributed by atoms with E-state index in [-0.39, 0.29) is 17.3 Å². The van der Waals surface area contributed by atoms with Gasteiger partial charge in [0.05, 0.1) is 10.6 Å². The van der Waals surface area contributed by atoms with Crippen molar-refractivity contribution in [3.05, 3.63) is 59.1 Å². The van der Waals surface area contributed by atoms with E-state index in [9.17, 15) is 13.2 Å². The van der Waals surface area contributed by atoms with Gasteiger partial charge in [-0.15, -0.1) is 0 Å². The number of anilines is 1. The lowest BCUT2D eigenvalue weighted by atomic mass is 10.2. The van der Waals surface area contributed by atoms with Crippen LogP contribution < -0.4 is 4.31 Å². The van der Waals surface area contributed by atoms with Crippen molar-refractivity contribution in [2.75, 3.05) is 23.9 Å². The van der Waals surface area contributed by atoms with E-state index in [2.05, 4.69) is 15.9 Å². The summed E-state index contributed by atoms with van der Waals surface area (Å²) in [5.41, 5.74) is 0.477. The van der Waals surface area contributed by atoms with Gasteiger partial charge in [0.2, 0.25) is 5.91 Å². The number of nitrogens with zero attached hydrogens (tertiary/aromatic N) is 2. The number of rotatable bonds is 5. The fourth-order valence-corrected chi connectivity index (χ4v) is 4.88. The standard InChI is InChI=1S/C20H23BrN2O3S/c21-17-10-12-18(13-11-17)23(27(25,26)19-8-4-3-5-9-19)16-20(24)22-14-6-1-2-7-15-22/h3-5,8-13H,1-2,6-7,14-16H2. The normalized spacial score (nSPS) is 15.2. The largest absolute Gasteiger partial charge is 0.341 e. The van der Waals surface area contributed by atoms with E-state index in [4.69, 9.17) is 0 Å². The molecule has 0 bridgehead atoms. The zero-order valence-corrected chi connectivity index (χ0v) is 17.5. The van der Waals surface area contributed by atoms with Gasteiger partial charge in [-0.3, -0.25) is 9.10 Å². The molecule has 0 unspecified atom stereocenters. The Hall–Kier alpha value is -1.86. The number of benzene rings is 2. The van der Waals surface area contributed by atoms with E-state index < -0.39 is 10.0 Å². The molecule has 2 aromatic carbocycles. The van der Waals surface area contributed by atoms with Gasteiger partial charge in [-0.05, 0) is 49.2 Å². The molecule has 1 fully saturated rings. The van der Waals surface area contributed by atoms with E-state index >= 15 is 0 Å². The van der Waals surface area contributed by atoms with Crippen molar-refractivity contribution in [1.82, 2.24) is 4.90 Å². The van der Waals surface area contributed by atoms with Crippen molar-refractivity contribution in [1.29, 1.82) is 0 Å². The summed E-state index contributed by atoms with van der Waals surface area (Å²) < 4.78 is 28.6. The van der Waals surface area contributed by atoms with Crippen molar-refractivity contribution >= 4 is 37.5 Å².